The van der Waals surface area contributed by atoms with Crippen molar-refractivity contribution >= 4 is 22.8 Å². The van der Waals surface area contributed by atoms with E-state index >= 15 is 0 Å². The van der Waals surface area contributed by atoms with Crippen LogP contribution in [0.4, 0.5) is 10.6 Å². The normalized spacial score (nSPS) is 21.5. The lowest BCUT2D eigenvalue weighted by atomic mass is 9.88. The average molecular weight is 418 g/mol. The fraction of sp³-hybridized carbons (Fsp3) is 0.375. The van der Waals surface area contributed by atoms with Gasteiger partial charge in [0.15, 0.2) is 0 Å². The number of amides is 1. The molecule has 0 spiro atoms. The van der Waals surface area contributed by atoms with Gasteiger partial charge in [0, 0.05) is 49.1 Å². The highest BCUT2D eigenvalue weighted by atomic mass is 16.5. The van der Waals surface area contributed by atoms with Gasteiger partial charge in [0.1, 0.15) is 11.9 Å². The van der Waals surface area contributed by atoms with Gasteiger partial charge in [-0.1, -0.05) is 24.3 Å². The van der Waals surface area contributed by atoms with Crippen LogP contribution in [0.2, 0.25) is 0 Å². The summed E-state index contributed by atoms with van der Waals surface area (Å²) in [6, 6.07) is 16.6. The van der Waals surface area contributed by atoms with E-state index in [4.69, 9.17) is 9.84 Å². The highest BCUT2D eigenvalue weighted by molar-refractivity contribution is 5.80. The van der Waals surface area contributed by atoms with E-state index in [9.17, 15) is 4.79 Å². The fourth-order valence-electron chi connectivity index (χ4n) is 4.49. The third-order valence-electron chi connectivity index (χ3n) is 6.33. The van der Waals surface area contributed by atoms with Crippen molar-refractivity contribution in [3.63, 3.8) is 0 Å². The lowest BCUT2D eigenvalue weighted by Gasteiger charge is -2.37. The highest BCUT2D eigenvalue weighted by Gasteiger charge is 2.33. The number of carboxylic acid groups (broad SMARTS) is 1. The molecule has 0 atom stereocenters. The first kappa shape index (κ1) is 19.6. The van der Waals surface area contributed by atoms with Gasteiger partial charge in [-0.3, -0.25) is 0 Å². The molecule has 3 heterocycles. The number of pyridine rings is 2. The van der Waals surface area contributed by atoms with Gasteiger partial charge in [-0.15, -0.1) is 0 Å². The maximum absolute atomic E-state index is 11.2. The molecule has 31 heavy (non-hydrogen) atoms. The van der Waals surface area contributed by atoms with Crippen LogP contribution in [0.25, 0.3) is 10.9 Å². The van der Waals surface area contributed by atoms with E-state index in [1.54, 1.807) is 6.20 Å². The predicted octanol–water partition coefficient (Wildman–Crippen LogP) is 4.51. The van der Waals surface area contributed by atoms with Crippen molar-refractivity contribution in [2.45, 2.75) is 43.7 Å². The Morgan fingerprint density at radius 1 is 1.06 bits per heavy atom. The molecule has 2 aliphatic rings. The Morgan fingerprint density at radius 3 is 2.68 bits per heavy atom. The molecule has 1 aliphatic heterocycles. The van der Waals surface area contributed by atoms with Crippen LogP contribution in [0.15, 0.2) is 54.7 Å². The molecular weight excluding hydrogens is 392 g/mol. The SMILES string of the molecule is O=C(O)N1CCC(c2cccnc2O[C@H]2C[C@H](Nc3ccc4ccccc4n3)C2)CC1. The molecule has 160 valence electrons. The molecule has 1 aromatic carbocycles. The molecule has 1 saturated carbocycles. The number of aromatic nitrogens is 2. The fourth-order valence-corrected chi connectivity index (χ4v) is 4.49. The second kappa shape index (κ2) is 8.41. The van der Waals surface area contributed by atoms with Crippen molar-refractivity contribution in [2.75, 3.05) is 18.4 Å². The second-order valence-corrected chi connectivity index (χ2v) is 8.38. The van der Waals surface area contributed by atoms with E-state index in [1.807, 2.05) is 30.3 Å². The molecule has 1 amide bonds. The molecule has 3 aromatic rings. The number of nitrogens with zero attached hydrogens (tertiary/aromatic N) is 3. The zero-order valence-corrected chi connectivity index (χ0v) is 17.3. The minimum Gasteiger partial charge on any atom is -0.474 e. The Morgan fingerprint density at radius 2 is 1.87 bits per heavy atom. The molecule has 7 nitrogen and oxygen atoms in total. The van der Waals surface area contributed by atoms with Crippen molar-refractivity contribution in [3.8, 4) is 5.88 Å². The number of fused-ring (bicyclic) bond motifs is 1. The van der Waals surface area contributed by atoms with Crippen molar-refractivity contribution < 1.29 is 14.6 Å². The van der Waals surface area contributed by atoms with Gasteiger partial charge >= 0.3 is 6.09 Å². The van der Waals surface area contributed by atoms with E-state index in [0.29, 0.717) is 25.0 Å². The molecule has 2 aromatic heterocycles. The maximum Gasteiger partial charge on any atom is 0.407 e. The number of para-hydroxylation sites is 1. The van der Waals surface area contributed by atoms with Crippen molar-refractivity contribution in [1.82, 2.24) is 14.9 Å². The maximum atomic E-state index is 11.2. The average Bonchev–Trinajstić information content (AvgIpc) is 2.78. The minimum absolute atomic E-state index is 0.130. The zero-order chi connectivity index (χ0) is 21.2. The Bertz CT molecular complexity index is 1080. The van der Waals surface area contributed by atoms with E-state index in [0.717, 1.165) is 48.0 Å². The smallest absolute Gasteiger partial charge is 0.407 e. The van der Waals surface area contributed by atoms with E-state index < -0.39 is 6.09 Å². The number of hydrogen-bond acceptors (Lipinski definition) is 5. The largest absolute Gasteiger partial charge is 0.474 e. The number of rotatable bonds is 5. The number of likely N-dealkylation sites (tertiary alicyclic amines) is 1. The first-order valence-corrected chi connectivity index (χ1v) is 10.9. The molecule has 2 N–H and O–H groups in total. The lowest BCUT2D eigenvalue weighted by Crippen LogP contribution is -2.43. The highest BCUT2D eigenvalue weighted by Crippen LogP contribution is 2.35. The minimum atomic E-state index is -0.838. The van der Waals surface area contributed by atoms with Crippen LogP contribution in [0.3, 0.4) is 0 Å². The monoisotopic (exact) mass is 418 g/mol. The first-order valence-electron chi connectivity index (χ1n) is 10.9. The summed E-state index contributed by atoms with van der Waals surface area (Å²) in [5.41, 5.74) is 2.09. The summed E-state index contributed by atoms with van der Waals surface area (Å²) in [5.74, 6) is 1.88. The number of benzene rings is 1. The molecule has 1 saturated heterocycles. The third kappa shape index (κ3) is 4.26. The Kier molecular flexibility index (Phi) is 5.32. The summed E-state index contributed by atoms with van der Waals surface area (Å²) in [5, 5.41) is 13.8. The third-order valence-corrected chi connectivity index (χ3v) is 6.33. The summed E-state index contributed by atoms with van der Waals surface area (Å²) in [7, 11) is 0. The molecule has 1 aliphatic carbocycles. The summed E-state index contributed by atoms with van der Waals surface area (Å²) in [6.07, 6.45) is 4.47. The van der Waals surface area contributed by atoms with Crippen LogP contribution in [0.1, 0.15) is 37.2 Å². The molecule has 7 heteroatoms. The second-order valence-electron chi connectivity index (χ2n) is 8.38. The first-order chi connectivity index (χ1) is 15.2. The molecular formula is C24H26N4O3. The summed E-state index contributed by atoms with van der Waals surface area (Å²) in [4.78, 5) is 21.8. The number of anilines is 1. The van der Waals surface area contributed by atoms with E-state index in [2.05, 4.69) is 33.5 Å². The van der Waals surface area contributed by atoms with Crippen LogP contribution in [0.5, 0.6) is 5.88 Å². The molecule has 0 bridgehead atoms. The molecule has 0 unspecified atom stereocenters. The van der Waals surface area contributed by atoms with Gasteiger partial charge in [-0.2, -0.15) is 0 Å². The van der Waals surface area contributed by atoms with E-state index in [1.165, 1.54) is 4.90 Å². The molecule has 0 radical (unpaired) electrons. The number of ether oxygens (including phenoxy) is 1. The van der Waals surface area contributed by atoms with Crippen LogP contribution >= 0.6 is 0 Å². The van der Waals surface area contributed by atoms with Crippen LogP contribution < -0.4 is 10.1 Å². The standard InChI is InChI=1S/C24H26N4O3/c29-24(30)28-12-9-16(10-13-28)20-5-3-11-25-23(20)31-19-14-18(15-19)26-22-8-7-17-4-1-2-6-21(17)27-22/h1-8,11,16,18-19H,9-10,12-15H2,(H,26,27)(H,29,30)/t18-,19-. The van der Waals surface area contributed by atoms with Gasteiger partial charge in [-0.05, 0) is 43.0 Å². The van der Waals surface area contributed by atoms with Gasteiger partial charge in [0.05, 0.1) is 5.52 Å². The topological polar surface area (TPSA) is 87.6 Å². The number of carbonyl (C=O) groups is 1. The van der Waals surface area contributed by atoms with Gasteiger partial charge in [-0.25, -0.2) is 14.8 Å². The quantitative estimate of drug-likeness (QED) is 0.634. The Hall–Kier alpha value is -3.35. The summed E-state index contributed by atoms with van der Waals surface area (Å²) < 4.78 is 6.25. The molecule has 2 fully saturated rings. The molecule has 5 rings (SSSR count). The Labute approximate surface area is 181 Å². The van der Waals surface area contributed by atoms with Gasteiger partial charge in [0.2, 0.25) is 5.88 Å². The van der Waals surface area contributed by atoms with Crippen molar-refractivity contribution in [3.05, 3.63) is 60.3 Å². The van der Waals surface area contributed by atoms with E-state index in [-0.39, 0.29) is 12.0 Å². The number of hydrogen-bond donors (Lipinski definition) is 2. The zero-order valence-electron chi connectivity index (χ0n) is 17.3. The number of nitrogens with one attached hydrogen (secondary N) is 1. The van der Waals surface area contributed by atoms with Crippen LogP contribution in [-0.4, -0.2) is 51.3 Å². The van der Waals surface area contributed by atoms with Crippen molar-refractivity contribution in [2.24, 2.45) is 0 Å². The lowest BCUT2D eigenvalue weighted by molar-refractivity contribution is 0.0994. The summed E-state index contributed by atoms with van der Waals surface area (Å²) >= 11 is 0. The van der Waals surface area contributed by atoms with Gasteiger partial charge < -0.3 is 20.1 Å². The predicted molar refractivity (Wildman–Crippen MR) is 119 cm³/mol. The van der Waals surface area contributed by atoms with Crippen molar-refractivity contribution in [1.29, 1.82) is 0 Å². The van der Waals surface area contributed by atoms with Crippen LogP contribution in [0, 0.1) is 0 Å². The van der Waals surface area contributed by atoms with Gasteiger partial charge in [0.25, 0.3) is 0 Å². The van der Waals surface area contributed by atoms with Crippen LogP contribution in [-0.2, 0) is 0 Å². The summed E-state index contributed by atoms with van der Waals surface area (Å²) in [6.45, 7) is 1.12. The Balaban J connectivity index is 1.17. The number of piperidine rings is 1.